The average Bonchev–Trinajstić information content (AvgIpc) is 3.43. The largest absolute Gasteiger partial charge is 0.489 e. The van der Waals surface area contributed by atoms with E-state index in [0.717, 1.165) is 31.8 Å². The topological polar surface area (TPSA) is 15.7 Å². The Morgan fingerprint density at radius 1 is 0.926 bits per heavy atom. The van der Waals surface area contributed by atoms with Crippen LogP contribution in [-0.4, -0.2) is 42.1 Å². The Hall–Kier alpha value is -1.84. The van der Waals surface area contributed by atoms with Crippen LogP contribution in [0.5, 0.6) is 5.75 Å². The first-order valence-corrected chi connectivity index (χ1v) is 10.6. The summed E-state index contributed by atoms with van der Waals surface area (Å²) in [7, 11) is 0. The minimum atomic E-state index is 0.322. The van der Waals surface area contributed by atoms with Crippen molar-refractivity contribution in [2.75, 3.05) is 26.2 Å². The summed E-state index contributed by atoms with van der Waals surface area (Å²) in [6, 6.07) is 18.3. The zero-order chi connectivity index (χ0) is 18.1. The number of nitrogens with zero attached hydrogens (tertiary/aromatic N) is 2. The van der Waals surface area contributed by atoms with Crippen molar-refractivity contribution in [3.63, 3.8) is 0 Å². The molecule has 1 aliphatic carbocycles. The van der Waals surface area contributed by atoms with E-state index in [9.17, 15) is 0 Å². The van der Waals surface area contributed by atoms with Crippen LogP contribution in [0.15, 0.2) is 48.5 Å². The molecule has 3 aliphatic rings. The fourth-order valence-electron chi connectivity index (χ4n) is 5.15. The molecule has 0 amide bonds. The summed E-state index contributed by atoms with van der Waals surface area (Å²) in [4.78, 5) is 5.20. The molecule has 0 bridgehead atoms. The molecule has 3 nitrogen and oxygen atoms in total. The van der Waals surface area contributed by atoms with Crippen molar-refractivity contribution in [2.45, 2.75) is 50.8 Å². The number of aryl methyl sites for hydroxylation is 1. The number of fused-ring (bicyclic) bond motifs is 1. The average molecular weight is 363 g/mol. The third kappa shape index (κ3) is 3.76. The van der Waals surface area contributed by atoms with Crippen molar-refractivity contribution in [2.24, 2.45) is 0 Å². The quantitative estimate of drug-likeness (QED) is 0.783. The predicted octanol–water partition coefficient (Wildman–Crippen LogP) is 4.42. The summed E-state index contributed by atoms with van der Waals surface area (Å²) in [6.45, 7) is 5.75. The van der Waals surface area contributed by atoms with E-state index in [4.69, 9.17) is 4.74 Å². The molecule has 0 spiro atoms. The molecule has 0 N–H and O–H groups in total. The molecule has 0 aromatic heterocycles. The molecule has 5 rings (SSSR count). The summed E-state index contributed by atoms with van der Waals surface area (Å²) >= 11 is 0. The first-order valence-electron chi connectivity index (χ1n) is 10.6. The van der Waals surface area contributed by atoms with E-state index in [1.807, 2.05) is 0 Å². The van der Waals surface area contributed by atoms with Crippen LogP contribution >= 0.6 is 0 Å². The number of hydrogen-bond donors (Lipinski definition) is 0. The first-order chi connectivity index (χ1) is 13.3. The van der Waals surface area contributed by atoms with Crippen LogP contribution in [0.1, 0.15) is 48.4 Å². The lowest BCUT2D eigenvalue weighted by atomic mass is 10.1. The zero-order valence-corrected chi connectivity index (χ0v) is 16.1. The smallest absolute Gasteiger partial charge is 0.120 e. The van der Waals surface area contributed by atoms with Crippen molar-refractivity contribution in [1.82, 2.24) is 9.80 Å². The maximum Gasteiger partial charge on any atom is 0.120 e. The number of rotatable bonds is 5. The minimum absolute atomic E-state index is 0.322. The Bertz CT molecular complexity index is 769. The number of likely N-dealkylation sites (tertiary alicyclic amines) is 2. The van der Waals surface area contributed by atoms with Crippen LogP contribution in [0, 0.1) is 0 Å². The van der Waals surface area contributed by atoms with Gasteiger partial charge in [0.2, 0.25) is 0 Å². The third-order valence-electron chi connectivity index (χ3n) is 6.52. The zero-order valence-electron chi connectivity index (χ0n) is 16.1. The Morgan fingerprint density at radius 2 is 1.78 bits per heavy atom. The van der Waals surface area contributed by atoms with Crippen molar-refractivity contribution in [1.29, 1.82) is 0 Å². The van der Waals surface area contributed by atoms with Crippen LogP contribution in [-0.2, 0) is 13.0 Å². The van der Waals surface area contributed by atoms with E-state index >= 15 is 0 Å². The highest BCUT2D eigenvalue weighted by Crippen LogP contribution is 2.39. The van der Waals surface area contributed by atoms with Crippen LogP contribution < -0.4 is 4.74 Å². The van der Waals surface area contributed by atoms with Crippen molar-refractivity contribution in [3.05, 3.63) is 65.2 Å². The van der Waals surface area contributed by atoms with Crippen molar-refractivity contribution in [3.8, 4) is 5.75 Å². The van der Waals surface area contributed by atoms with Gasteiger partial charge in [-0.3, -0.25) is 9.80 Å². The van der Waals surface area contributed by atoms with E-state index in [1.165, 1.54) is 49.9 Å². The molecule has 2 heterocycles. The van der Waals surface area contributed by atoms with Gasteiger partial charge in [0, 0.05) is 25.7 Å². The molecule has 0 saturated carbocycles. The lowest BCUT2D eigenvalue weighted by Crippen LogP contribution is -2.24. The molecule has 2 saturated heterocycles. The number of ether oxygens (including phenoxy) is 1. The van der Waals surface area contributed by atoms with Crippen LogP contribution in [0.3, 0.4) is 0 Å². The molecule has 2 unspecified atom stereocenters. The van der Waals surface area contributed by atoms with Gasteiger partial charge in [-0.25, -0.2) is 0 Å². The van der Waals surface area contributed by atoms with E-state index in [-0.39, 0.29) is 0 Å². The predicted molar refractivity (Wildman–Crippen MR) is 109 cm³/mol. The highest BCUT2D eigenvalue weighted by atomic mass is 16.5. The molecule has 2 aromatic carbocycles. The van der Waals surface area contributed by atoms with Gasteiger partial charge >= 0.3 is 0 Å². The second-order valence-corrected chi connectivity index (χ2v) is 8.41. The van der Waals surface area contributed by atoms with Gasteiger partial charge in [0.1, 0.15) is 11.9 Å². The molecular formula is C24H30N2O. The number of benzene rings is 2. The van der Waals surface area contributed by atoms with Gasteiger partial charge in [-0.1, -0.05) is 36.4 Å². The fourth-order valence-corrected chi connectivity index (χ4v) is 5.15. The van der Waals surface area contributed by atoms with Gasteiger partial charge in [0.15, 0.2) is 0 Å². The molecule has 2 fully saturated rings. The monoisotopic (exact) mass is 362 g/mol. The molecule has 2 aliphatic heterocycles. The first kappa shape index (κ1) is 17.3. The lowest BCUT2D eigenvalue weighted by Gasteiger charge is -2.24. The second kappa shape index (κ2) is 7.65. The molecular weight excluding hydrogens is 332 g/mol. The van der Waals surface area contributed by atoms with Crippen LogP contribution in [0.4, 0.5) is 0 Å². The number of hydrogen-bond acceptors (Lipinski definition) is 3. The van der Waals surface area contributed by atoms with E-state index < -0.39 is 0 Å². The second-order valence-electron chi connectivity index (χ2n) is 8.41. The summed E-state index contributed by atoms with van der Waals surface area (Å²) in [6.07, 6.45) is 6.68. The summed E-state index contributed by atoms with van der Waals surface area (Å²) in [5.41, 5.74) is 4.47. The van der Waals surface area contributed by atoms with Crippen molar-refractivity contribution >= 4 is 0 Å². The highest BCUT2D eigenvalue weighted by Gasteiger charge is 2.30. The maximum atomic E-state index is 6.37. The summed E-state index contributed by atoms with van der Waals surface area (Å²) in [5, 5.41) is 0. The Kier molecular flexibility index (Phi) is 4.89. The summed E-state index contributed by atoms with van der Waals surface area (Å²) < 4.78 is 6.37. The lowest BCUT2D eigenvalue weighted by molar-refractivity contribution is 0.198. The molecule has 27 heavy (non-hydrogen) atoms. The third-order valence-corrected chi connectivity index (χ3v) is 6.52. The Balaban J connectivity index is 1.20. The molecule has 3 heteroatoms. The van der Waals surface area contributed by atoms with E-state index in [2.05, 4.69) is 58.3 Å². The Morgan fingerprint density at radius 3 is 2.63 bits per heavy atom. The molecule has 2 aromatic rings. The standard InChI is InChI=1S/C24H30N2O/c1-2-6-19(7-3-1)17-25-15-12-22(18-25)27-21-9-10-23-20(16-21)8-11-24(23)26-13-4-5-14-26/h1-3,6-7,9-10,16,22,24H,4-5,8,11-15,17-18H2. The van der Waals surface area contributed by atoms with Crippen molar-refractivity contribution < 1.29 is 4.74 Å². The SMILES string of the molecule is c1ccc(CN2CCC(Oc3ccc4c(c3)CCC4N3CCCC3)C2)cc1. The maximum absolute atomic E-state index is 6.37. The minimum Gasteiger partial charge on any atom is -0.489 e. The van der Waals surface area contributed by atoms with E-state index in [1.54, 1.807) is 5.56 Å². The van der Waals surface area contributed by atoms with Crippen LogP contribution in [0.2, 0.25) is 0 Å². The van der Waals surface area contributed by atoms with Gasteiger partial charge in [0.25, 0.3) is 0 Å². The molecule has 2 atom stereocenters. The molecule has 0 radical (unpaired) electrons. The highest BCUT2D eigenvalue weighted by molar-refractivity contribution is 5.41. The van der Waals surface area contributed by atoms with Crippen LogP contribution in [0.25, 0.3) is 0 Å². The van der Waals surface area contributed by atoms with Gasteiger partial charge in [-0.05, 0) is 74.0 Å². The van der Waals surface area contributed by atoms with Gasteiger partial charge in [0.05, 0.1) is 0 Å². The Labute approximate surface area is 162 Å². The summed E-state index contributed by atoms with van der Waals surface area (Å²) in [5.74, 6) is 1.07. The van der Waals surface area contributed by atoms with Gasteiger partial charge in [-0.2, -0.15) is 0 Å². The van der Waals surface area contributed by atoms with E-state index in [0.29, 0.717) is 12.1 Å². The fraction of sp³-hybridized carbons (Fsp3) is 0.500. The normalized spacial score (nSPS) is 25.8. The van der Waals surface area contributed by atoms with Gasteiger partial charge < -0.3 is 4.74 Å². The van der Waals surface area contributed by atoms with Gasteiger partial charge in [-0.15, -0.1) is 0 Å². The molecule has 142 valence electrons.